The summed E-state index contributed by atoms with van der Waals surface area (Å²) >= 11 is 0. The van der Waals surface area contributed by atoms with Crippen LogP contribution in [0.15, 0.2) is 0 Å². The molecule has 2 heteroatoms. The Morgan fingerprint density at radius 1 is 1.14 bits per heavy atom. The molecular formula is C5H11BrHg. The molecule has 0 bridgehead atoms. The van der Waals surface area contributed by atoms with Gasteiger partial charge >= 0.3 is 27.7 Å². The van der Waals surface area contributed by atoms with Gasteiger partial charge in [-0.1, -0.05) is 20.8 Å². The summed E-state index contributed by atoms with van der Waals surface area (Å²) in [6, 6.07) is 0. The van der Waals surface area contributed by atoms with Crippen LogP contribution < -0.4 is 17.0 Å². The van der Waals surface area contributed by atoms with Crippen LogP contribution in [-0.4, -0.2) is 0 Å². The maximum Gasteiger partial charge on any atom is 1.00 e. The normalized spacial score (nSPS) is 8.57. The van der Waals surface area contributed by atoms with Crippen LogP contribution in [-0.2, 0) is 27.7 Å². The fraction of sp³-hybridized carbons (Fsp3) is 0.800. The van der Waals surface area contributed by atoms with E-state index in [2.05, 4.69) is 27.7 Å². The summed E-state index contributed by atoms with van der Waals surface area (Å²) < 4.78 is 0. The van der Waals surface area contributed by atoms with Gasteiger partial charge in [0.25, 0.3) is 0 Å². The second-order valence-corrected chi connectivity index (χ2v) is 2.56. The summed E-state index contributed by atoms with van der Waals surface area (Å²) in [6.45, 7) is 10.0. The van der Waals surface area contributed by atoms with Gasteiger partial charge in [-0.15, -0.1) is 0 Å². The Bertz CT molecular complexity index is 23.6. The van der Waals surface area contributed by atoms with Crippen LogP contribution in [0.3, 0.4) is 0 Å². The SMILES string of the molecule is [Br-].[CH2]C(C)(C)C.[Hg+]. The Morgan fingerprint density at radius 3 is 1.14 bits per heavy atom. The summed E-state index contributed by atoms with van der Waals surface area (Å²) in [7, 11) is 0. The molecule has 7 heavy (non-hydrogen) atoms. The van der Waals surface area contributed by atoms with Gasteiger partial charge < -0.3 is 17.0 Å². The first-order chi connectivity index (χ1) is 2.00. The quantitative estimate of drug-likeness (QED) is 0.485. The van der Waals surface area contributed by atoms with Crippen molar-refractivity contribution < 1.29 is 44.7 Å². The molecule has 2 radical (unpaired) electrons. The fourth-order valence-electron chi connectivity index (χ4n) is 0. The molecule has 0 amide bonds. The molecule has 0 N–H and O–H groups in total. The standard InChI is InChI=1S/C5H11.BrH.Hg/c1-5(2,3)4;;/h1H2,2-4H3;1H;/q;;+1/p-1. The van der Waals surface area contributed by atoms with Gasteiger partial charge in [-0.2, -0.15) is 0 Å². The molecule has 40 valence electrons. The minimum atomic E-state index is 0. The Balaban J connectivity index is -0.0000000800. The smallest absolute Gasteiger partial charge is 1.00 e. The van der Waals surface area contributed by atoms with Gasteiger partial charge in [-0.3, -0.25) is 0 Å². The average Bonchev–Trinajstić information content (AvgIpc) is 0.722. The van der Waals surface area contributed by atoms with Crippen LogP contribution in [0.25, 0.3) is 0 Å². The number of halogens is 1. The molecule has 0 aromatic carbocycles. The van der Waals surface area contributed by atoms with E-state index in [9.17, 15) is 0 Å². The van der Waals surface area contributed by atoms with E-state index in [0.717, 1.165) is 0 Å². The molecule has 0 spiro atoms. The first-order valence-corrected chi connectivity index (χ1v) is 1.85. The maximum atomic E-state index is 3.77. The summed E-state index contributed by atoms with van der Waals surface area (Å²) in [5.41, 5.74) is 0.250. The second-order valence-electron chi connectivity index (χ2n) is 2.56. The predicted octanol–water partition coefficient (Wildman–Crippen LogP) is -1.13. The van der Waals surface area contributed by atoms with Crippen molar-refractivity contribution in [2.45, 2.75) is 20.8 Å². The van der Waals surface area contributed by atoms with Crippen LogP contribution in [0.2, 0.25) is 0 Å². The molecule has 0 fully saturated rings. The molecule has 0 unspecified atom stereocenters. The molecule has 0 rings (SSSR count). The molecule has 0 saturated heterocycles. The molecule has 0 aromatic heterocycles. The van der Waals surface area contributed by atoms with Gasteiger partial charge in [0.2, 0.25) is 0 Å². The second kappa shape index (κ2) is 5.55. The third-order valence-corrected chi connectivity index (χ3v) is 0. The van der Waals surface area contributed by atoms with Gasteiger partial charge in [0.05, 0.1) is 0 Å². The third kappa shape index (κ3) is 109. The summed E-state index contributed by atoms with van der Waals surface area (Å²) in [5.74, 6) is 0. The van der Waals surface area contributed by atoms with E-state index in [0.29, 0.717) is 0 Å². The number of hydrogen-bond acceptors (Lipinski definition) is 0. The van der Waals surface area contributed by atoms with Crippen LogP contribution in [0.4, 0.5) is 0 Å². The first-order valence-electron chi connectivity index (χ1n) is 1.85. The minimum absolute atomic E-state index is 0. The van der Waals surface area contributed by atoms with E-state index >= 15 is 0 Å². The molecule has 0 aliphatic rings. The van der Waals surface area contributed by atoms with Crippen LogP contribution >= 0.6 is 0 Å². The van der Waals surface area contributed by atoms with Gasteiger partial charge in [-0.05, 0) is 12.3 Å². The summed E-state index contributed by atoms with van der Waals surface area (Å²) in [5, 5.41) is 0. The zero-order valence-corrected chi connectivity index (χ0v) is 12.4. The van der Waals surface area contributed by atoms with Crippen molar-refractivity contribution in [2.24, 2.45) is 5.41 Å². The topological polar surface area (TPSA) is 0 Å². The molecule has 0 heterocycles. The zero-order valence-electron chi connectivity index (χ0n) is 5.29. The number of rotatable bonds is 0. The Labute approximate surface area is 77.3 Å². The van der Waals surface area contributed by atoms with Crippen molar-refractivity contribution in [1.82, 2.24) is 0 Å². The van der Waals surface area contributed by atoms with E-state index in [4.69, 9.17) is 0 Å². The van der Waals surface area contributed by atoms with E-state index in [1.165, 1.54) is 0 Å². The van der Waals surface area contributed by atoms with E-state index in [-0.39, 0.29) is 50.1 Å². The van der Waals surface area contributed by atoms with Gasteiger partial charge in [0.1, 0.15) is 0 Å². The third-order valence-electron chi connectivity index (χ3n) is 0. The Kier molecular flexibility index (Phi) is 12.5. The van der Waals surface area contributed by atoms with Crippen LogP contribution in [0, 0.1) is 12.3 Å². The van der Waals surface area contributed by atoms with E-state index in [1.807, 2.05) is 0 Å². The minimum Gasteiger partial charge on any atom is -1.00 e. The fourth-order valence-corrected chi connectivity index (χ4v) is 0. The average molecular weight is 352 g/mol. The summed E-state index contributed by atoms with van der Waals surface area (Å²) in [4.78, 5) is 0. The van der Waals surface area contributed by atoms with Crippen molar-refractivity contribution in [2.75, 3.05) is 0 Å². The Hall–Kier alpha value is 1.42. The van der Waals surface area contributed by atoms with E-state index in [1.54, 1.807) is 0 Å². The maximum absolute atomic E-state index is 3.77. The van der Waals surface area contributed by atoms with Crippen molar-refractivity contribution in [3.05, 3.63) is 6.92 Å². The molecule has 0 aliphatic carbocycles. The molecular weight excluding hydrogens is 341 g/mol. The van der Waals surface area contributed by atoms with Crippen molar-refractivity contribution in [3.63, 3.8) is 0 Å². The largest absolute Gasteiger partial charge is 1.00 e. The molecule has 0 aliphatic heterocycles. The molecule has 0 atom stereocenters. The van der Waals surface area contributed by atoms with Crippen molar-refractivity contribution >= 4 is 0 Å². The first kappa shape index (κ1) is 15.8. The Morgan fingerprint density at radius 2 is 1.14 bits per heavy atom. The van der Waals surface area contributed by atoms with Gasteiger partial charge in [-0.25, -0.2) is 0 Å². The van der Waals surface area contributed by atoms with Crippen molar-refractivity contribution in [3.8, 4) is 0 Å². The van der Waals surface area contributed by atoms with Gasteiger partial charge in [0, 0.05) is 0 Å². The number of hydrogen-bond donors (Lipinski definition) is 0. The zero-order chi connectivity index (χ0) is 4.50. The van der Waals surface area contributed by atoms with Crippen molar-refractivity contribution in [1.29, 1.82) is 0 Å². The predicted molar refractivity (Wildman–Crippen MR) is 24.8 cm³/mol. The molecule has 0 aromatic rings. The van der Waals surface area contributed by atoms with Crippen LogP contribution in [0.1, 0.15) is 20.8 Å². The van der Waals surface area contributed by atoms with Crippen LogP contribution in [0.5, 0.6) is 0 Å². The van der Waals surface area contributed by atoms with E-state index < -0.39 is 0 Å². The van der Waals surface area contributed by atoms with Gasteiger partial charge in [0.15, 0.2) is 0 Å². The molecule has 0 saturated carbocycles. The summed E-state index contributed by atoms with van der Waals surface area (Å²) in [6.07, 6.45) is 0. The monoisotopic (exact) mass is 352 g/mol. The molecule has 0 nitrogen and oxygen atoms in total.